The van der Waals surface area contributed by atoms with Gasteiger partial charge in [-0.05, 0) is 37.3 Å². The van der Waals surface area contributed by atoms with Gasteiger partial charge in [0.05, 0.1) is 10.9 Å². The summed E-state index contributed by atoms with van der Waals surface area (Å²) in [5.41, 5.74) is 0.201. The molecule has 1 heterocycles. The summed E-state index contributed by atoms with van der Waals surface area (Å²) < 4.78 is 40.3. The molecule has 0 radical (unpaired) electrons. The average Bonchev–Trinajstić information content (AvgIpc) is 2.62. The molecule has 1 atom stereocenters. The monoisotopic (exact) mass is 381 g/mol. The lowest BCUT2D eigenvalue weighted by atomic mass is 10.3. The molecule has 0 fully saturated rings. The fourth-order valence-corrected chi connectivity index (χ4v) is 3.25. The van der Waals surface area contributed by atoms with Crippen LogP contribution in [0.15, 0.2) is 47.4 Å². The number of anilines is 1. The smallest absolute Gasteiger partial charge is 0.387 e. The van der Waals surface area contributed by atoms with E-state index in [-0.39, 0.29) is 17.3 Å². The van der Waals surface area contributed by atoms with E-state index >= 15 is 0 Å². The summed E-state index contributed by atoms with van der Waals surface area (Å²) in [7, 11) is 0. The van der Waals surface area contributed by atoms with Crippen LogP contribution in [0, 0.1) is 0 Å². The number of thioether (sulfide) groups is 1. The van der Waals surface area contributed by atoms with E-state index < -0.39 is 11.9 Å². The minimum absolute atomic E-state index is 0.0765. The molecule has 8 heteroatoms. The van der Waals surface area contributed by atoms with Gasteiger partial charge in [-0.2, -0.15) is 8.78 Å². The van der Waals surface area contributed by atoms with Gasteiger partial charge in [-0.25, -0.2) is 0 Å². The third kappa shape index (κ3) is 4.57. The van der Waals surface area contributed by atoms with Crippen LogP contribution in [0.4, 0.5) is 14.5 Å². The zero-order chi connectivity index (χ0) is 18.5. The van der Waals surface area contributed by atoms with Crippen molar-refractivity contribution in [3.05, 3.63) is 42.5 Å². The number of ether oxygens (including phenoxy) is 3. The number of carbonyl (C=O) groups is 1. The van der Waals surface area contributed by atoms with Crippen LogP contribution >= 0.6 is 11.8 Å². The Morgan fingerprint density at radius 2 is 1.88 bits per heavy atom. The lowest BCUT2D eigenvalue weighted by Crippen LogP contribution is -2.23. The number of carbonyl (C=O) groups excluding carboxylic acids is 1. The highest BCUT2D eigenvalue weighted by atomic mass is 32.2. The summed E-state index contributed by atoms with van der Waals surface area (Å²) in [5.74, 6) is 0.919. The Morgan fingerprint density at radius 3 is 2.65 bits per heavy atom. The third-order valence-electron chi connectivity index (χ3n) is 3.56. The molecule has 0 saturated carbocycles. The van der Waals surface area contributed by atoms with Crippen molar-refractivity contribution < 1.29 is 27.8 Å². The predicted octanol–water partition coefficient (Wildman–Crippen LogP) is 4.18. The number of rotatable bonds is 6. The standard InChI is InChI=1S/C18H17F2NO4S/c1-11(26-12-6-7-15-16(10-12)24-9-8-23-15)17(22)21-13-4-2-3-5-14(13)25-18(19)20/h2-7,10-11,18H,8-9H2,1H3,(H,21,22)/t11-/m1/s1. The van der Waals surface area contributed by atoms with Gasteiger partial charge in [-0.3, -0.25) is 4.79 Å². The molecule has 0 aliphatic carbocycles. The van der Waals surface area contributed by atoms with Crippen molar-refractivity contribution in [3.8, 4) is 17.2 Å². The first-order valence-electron chi connectivity index (χ1n) is 7.94. The molecule has 2 aromatic carbocycles. The first-order valence-corrected chi connectivity index (χ1v) is 8.82. The van der Waals surface area contributed by atoms with Crippen molar-refractivity contribution >= 4 is 23.4 Å². The maximum Gasteiger partial charge on any atom is 0.387 e. The van der Waals surface area contributed by atoms with Gasteiger partial charge in [0.1, 0.15) is 19.0 Å². The maximum atomic E-state index is 12.5. The Kier molecular flexibility index (Phi) is 5.82. The highest BCUT2D eigenvalue weighted by Crippen LogP contribution is 2.36. The number of alkyl halides is 2. The molecule has 0 aromatic heterocycles. The van der Waals surface area contributed by atoms with E-state index in [9.17, 15) is 13.6 Å². The van der Waals surface area contributed by atoms with Crippen molar-refractivity contribution in [2.45, 2.75) is 23.7 Å². The number of para-hydroxylation sites is 2. The molecule has 1 aliphatic rings. The molecule has 1 amide bonds. The summed E-state index contributed by atoms with van der Waals surface area (Å²) in [6, 6.07) is 11.5. The van der Waals surface area contributed by atoms with Crippen LogP contribution in [-0.2, 0) is 4.79 Å². The molecule has 1 N–H and O–H groups in total. The molecule has 0 saturated heterocycles. The van der Waals surface area contributed by atoms with Gasteiger partial charge in [0.15, 0.2) is 11.5 Å². The van der Waals surface area contributed by atoms with Crippen LogP contribution in [0.5, 0.6) is 17.2 Å². The SMILES string of the molecule is C[C@@H](Sc1ccc2c(c1)OCCO2)C(=O)Nc1ccccc1OC(F)F. The van der Waals surface area contributed by atoms with E-state index in [0.717, 1.165) is 4.90 Å². The summed E-state index contributed by atoms with van der Waals surface area (Å²) in [5, 5.41) is 2.16. The zero-order valence-corrected chi connectivity index (χ0v) is 14.7. The number of halogens is 2. The molecule has 2 aromatic rings. The number of hydrogen-bond acceptors (Lipinski definition) is 5. The van der Waals surface area contributed by atoms with Crippen LogP contribution in [0.2, 0.25) is 0 Å². The molecule has 26 heavy (non-hydrogen) atoms. The van der Waals surface area contributed by atoms with Crippen LogP contribution in [0.3, 0.4) is 0 Å². The average molecular weight is 381 g/mol. The Hall–Kier alpha value is -2.48. The van der Waals surface area contributed by atoms with Crippen molar-refractivity contribution in [2.75, 3.05) is 18.5 Å². The number of fused-ring (bicyclic) bond motifs is 1. The van der Waals surface area contributed by atoms with E-state index in [1.807, 2.05) is 12.1 Å². The molecule has 3 rings (SSSR count). The van der Waals surface area contributed by atoms with Gasteiger partial charge in [0, 0.05) is 4.90 Å². The second-order valence-electron chi connectivity index (χ2n) is 5.43. The quantitative estimate of drug-likeness (QED) is 0.761. The Balaban J connectivity index is 1.65. The van der Waals surface area contributed by atoms with E-state index in [0.29, 0.717) is 24.7 Å². The Bertz CT molecular complexity index is 788. The van der Waals surface area contributed by atoms with Gasteiger partial charge in [-0.15, -0.1) is 11.8 Å². The first-order chi connectivity index (χ1) is 12.5. The van der Waals surface area contributed by atoms with Gasteiger partial charge >= 0.3 is 6.61 Å². The van der Waals surface area contributed by atoms with Crippen LogP contribution in [0.25, 0.3) is 0 Å². The van der Waals surface area contributed by atoms with Crippen molar-refractivity contribution in [1.29, 1.82) is 0 Å². The van der Waals surface area contributed by atoms with Crippen LogP contribution < -0.4 is 19.5 Å². The summed E-state index contributed by atoms with van der Waals surface area (Å²) >= 11 is 1.33. The normalized spacial score (nSPS) is 14.0. The highest BCUT2D eigenvalue weighted by molar-refractivity contribution is 8.00. The van der Waals surface area contributed by atoms with Crippen LogP contribution in [-0.4, -0.2) is 31.0 Å². The number of amides is 1. The summed E-state index contributed by atoms with van der Waals surface area (Å²) in [6.07, 6.45) is 0. The van der Waals surface area contributed by atoms with Gasteiger partial charge in [0.25, 0.3) is 0 Å². The minimum atomic E-state index is -2.96. The van der Waals surface area contributed by atoms with E-state index in [1.54, 1.807) is 25.1 Å². The number of hydrogen-bond donors (Lipinski definition) is 1. The fraction of sp³-hybridized carbons (Fsp3) is 0.278. The molecule has 1 aliphatic heterocycles. The largest absolute Gasteiger partial charge is 0.486 e. The van der Waals surface area contributed by atoms with Crippen LogP contribution in [0.1, 0.15) is 6.92 Å². The summed E-state index contributed by atoms with van der Waals surface area (Å²) in [6.45, 7) is -0.235. The van der Waals surface area contributed by atoms with E-state index in [1.165, 1.54) is 23.9 Å². The molecule has 0 spiro atoms. The topological polar surface area (TPSA) is 56.8 Å². The van der Waals surface area contributed by atoms with Crippen molar-refractivity contribution in [1.82, 2.24) is 0 Å². The van der Waals surface area contributed by atoms with E-state index in [4.69, 9.17) is 9.47 Å². The Labute approximate surface area is 153 Å². The molecule has 138 valence electrons. The van der Waals surface area contributed by atoms with E-state index in [2.05, 4.69) is 10.1 Å². The third-order valence-corrected chi connectivity index (χ3v) is 4.65. The van der Waals surface area contributed by atoms with Gasteiger partial charge < -0.3 is 19.5 Å². The number of benzene rings is 2. The predicted molar refractivity (Wildman–Crippen MR) is 94.5 cm³/mol. The minimum Gasteiger partial charge on any atom is -0.486 e. The fourth-order valence-electron chi connectivity index (χ4n) is 2.36. The molecule has 0 unspecified atom stereocenters. The molecular formula is C18H17F2NO4S. The molecule has 0 bridgehead atoms. The van der Waals surface area contributed by atoms with Crippen molar-refractivity contribution in [3.63, 3.8) is 0 Å². The zero-order valence-electron chi connectivity index (χ0n) is 13.9. The Morgan fingerprint density at radius 1 is 1.15 bits per heavy atom. The molecule has 5 nitrogen and oxygen atoms in total. The molecular weight excluding hydrogens is 364 g/mol. The van der Waals surface area contributed by atoms with Gasteiger partial charge in [-0.1, -0.05) is 12.1 Å². The maximum absolute atomic E-state index is 12.5. The second-order valence-corrected chi connectivity index (χ2v) is 6.84. The second kappa shape index (κ2) is 8.27. The lowest BCUT2D eigenvalue weighted by Gasteiger charge is -2.19. The number of nitrogens with one attached hydrogen (secondary N) is 1. The van der Waals surface area contributed by atoms with Gasteiger partial charge in [0.2, 0.25) is 5.91 Å². The first kappa shape index (κ1) is 18.3. The lowest BCUT2D eigenvalue weighted by molar-refractivity contribution is -0.115. The summed E-state index contributed by atoms with van der Waals surface area (Å²) in [4.78, 5) is 13.3. The van der Waals surface area contributed by atoms with Crippen molar-refractivity contribution in [2.24, 2.45) is 0 Å². The highest BCUT2D eigenvalue weighted by Gasteiger charge is 2.19.